The normalized spacial score (nSPS) is 21.9. The van der Waals surface area contributed by atoms with E-state index in [0.29, 0.717) is 12.5 Å². The lowest BCUT2D eigenvalue weighted by molar-refractivity contribution is -0.903. The second kappa shape index (κ2) is 7.34. The molecule has 0 radical (unpaired) electrons. The Labute approximate surface area is 115 Å². The van der Waals surface area contributed by atoms with Crippen molar-refractivity contribution in [3.05, 3.63) is 0 Å². The van der Waals surface area contributed by atoms with Crippen LogP contribution in [0.3, 0.4) is 0 Å². The van der Waals surface area contributed by atoms with Gasteiger partial charge in [0.15, 0.2) is 0 Å². The van der Waals surface area contributed by atoms with Crippen LogP contribution < -0.4 is 10.2 Å². The van der Waals surface area contributed by atoms with Crippen molar-refractivity contribution in [3.63, 3.8) is 0 Å². The number of nitrogens with one attached hydrogen (secondary N) is 2. The fourth-order valence-electron chi connectivity index (χ4n) is 3.02. The number of quaternary nitrogens is 1. The summed E-state index contributed by atoms with van der Waals surface area (Å²) >= 11 is 0. The fourth-order valence-corrected chi connectivity index (χ4v) is 3.02. The minimum absolute atomic E-state index is 0.117. The van der Waals surface area contributed by atoms with Gasteiger partial charge >= 0.3 is 6.03 Å². The van der Waals surface area contributed by atoms with Gasteiger partial charge in [0, 0.05) is 6.04 Å². The predicted octanol–water partition coefficient (Wildman–Crippen LogP) is 0.143. The van der Waals surface area contributed by atoms with Gasteiger partial charge in [0.05, 0.1) is 45.2 Å². The monoisotopic (exact) mass is 265 g/mol. The number of piperazine rings is 1. The van der Waals surface area contributed by atoms with Crippen LogP contribution in [0.4, 0.5) is 4.79 Å². The van der Waals surface area contributed by atoms with Crippen LogP contribution in [0.2, 0.25) is 0 Å². The average Bonchev–Trinajstić information content (AvgIpc) is 2.46. The Hall–Kier alpha value is -1.28. The standard InChI is InChI=1S/C14H24N4O/c15-7-4-8-17-9-11-18(12-10-17)14(19)16-13-5-2-1-3-6-13/h13H,1-6,8-12H2,(H,16,19)/p+1. The molecule has 1 aliphatic heterocycles. The molecule has 0 bridgehead atoms. The van der Waals surface area contributed by atoms with Gasteiger partial charge in [-0.3, -0.25) is 0 Å². The van der Waals surface area contributed by atoms with E-state index < -0.39 is 0 Å². The summed E-state index contributed by atoms with van der Waals surface area (Å²) in [5.41, 5.74) is 0. The Bertz CT molecular complexity index is 325. The lowest BCUT2D eigenvalue weighted by Gasteiger charge is -2.33. The zero-order valence-electron chi connectivity index (χ0n) is 11.7. The molecular weight excluding hydrogens is 240 g/mol. The Balaban J connectivity index is 1.68. The van der Waals surface area contributed by atoms with E-state index in [0.717, 1.165) is 45.6 Å². The number of hydrogen-bond donors (Lipinski definition) is 2. The van der Waals surface area contributed by atoms with Crippen molar-refractivity contribution < 1.29 is 9.69 Å². The van der Waals surface area contributed by atoms with Crippen LogP contribution in [0.25, 0.3) is 0 Å². The Kier molecular flexibility index (Phi) is 5.46. The topological polar surface area (TPSA) is 60.6 Å². The van der Waals surface area contributed by atoms with Gasteiger partial charge in [-0.2, -0.15) is 5.26 Å². The van der Waals surface area contributed by atoms with Crippen LogP contribution in [0.5, 0.6) is 0 Å². The largest absolute Gasteiger partial charge is 0.335 e. The lowest BCUT2D eigenvalue weighted by atomic mass is 9.96. The van der Waals surface area contributed by atoms with Gasteiger partial charge < -0.3 is 15.1 Å². The van der Waals surface area contributed by atoms with Crippen LogP contribution >= 0.6 is 0 Å². The zero-order valence-corrected chi connectivity index (χ0v) is 11.7. The molecule has 2 amide bonds. The first kappa shape index (κ1) is 14.1. The van der Waals surface area contributed by atoms with Crippen LogP contribution in [-0.4, -0.2) is 49.7 Å². The molecule has 0 aromatic heterocycles. The van der Waals surface area contributed by atoms with E-state index in [1.54, 1.807) is 0 Å². The molecule has 19 heavy (non-hydrogen) atoms. The molecule has 0 spiro atoms. The van der Waals surface area contributed by atoms with Crippen molar-refractivity contribution in [1.29, 1.82) is 5.26 Å². The number of carbonyl (C=O) groups is 1. The summed E-state index contributed by atoms with van der Waals surface area (Å²) < 4.78 is 0. The molecule has 1 saturated heterocycles. The van der Waals surface area contributed by atoms with E-state index in [1.807, 2.05) is 4.90 Å². The summed E-state index contributed by atoms with van der Waals surface area (Å²) in [6.45, 7) is 4.49. The third-order valence-electron chi connectivity index (χ3n) is 4.28. The molecule has 2 fully saturated rings. The summed E-state index contributed by atoms with van der Waals surface area (Å²) in [6.07, 6.45) is 6.70. The van der Waals surface area contributed by atoms with Crippen LogP contribution in [-0.2, 0) is 0 Å². The highest BCUT2D eigenvalue weighted by atomic mass is 16.2. The molecule has 106 valence electrons. The van der Waals surface area contributed by atoms with Gasteiger partial charge in [0.1, 0.15) is 0 Å². The molecule has 1 saturated carbocycles. The third-order valence-corrected chi connectivity index (χ3v) is 4.28. The number of nitrogens with zero attached hydrogens (tertiary/aromatic N) is 2. The van der Waals surface area contributed by atoms with Crippen molar-refractivity contribution in [3.8, 4) is 6.07 Å². The van der Waals surface area contributed by atoms with Crippen LogP contribution in [0.1, 0.15) is 38.5 Å². The summed E-state index contributed by atoms with van der Waals surface area (Å²) in [5, 5.41) is 11.8. The molecule has 0 unspecified atom stereocenters. The second-order valence-electron chi connectivity index (χ2n) is 5.68. The second-order valence-corrected chi connectivity index (χ2v) is 5.68. The first-order chi connectivity index (χ1) is 9.29. The van der Waals surface area contributed by atoms with Crippen molar-refractivity contribution in [1.82, 2.24) is 10.2 Å². The average molecular weight is 265 g/mol. The van der Waals surface area contributed by atoms with Gasteiger partial charge in [-0.25, -0.2) is 4.79 Å². The van der Waals surface area contributed by atoms with Gasteiger partial charge in [0.2, 0.25) is 0 Å². The Morgan fingerprint density at radius 3 is 2.58 bits per heavy atom. The maximum atomic E-state index is 12.1. The number of rotatable bonds is 3. The number of carbonyl (C=O) groups excluding carboxylic acids is 1. The van der Waals surface area contributed by atoms with Crippen LogP contribution in [0.15, 0.2) is 0 Å². The molecule has 0 aromatic rings. The molecule has 5 heteroatoms. The Morgan fingerprint density at radius 2 is 1.95 bits per heavy atom. The van der Waals surface area contributed by atoms with Crippen molar-refractivity contribution in [2.75, 3.05) is 32.7 Å². The SMILES string of the molecule is N#CCC[NH+]1CCN(C(=O)NC2CCCCC2)CC1. The fraction of sp³-hybridized carbons (Fsp3) is 0.857. The molecule has 2 rings (SSSR count). The third kappa shape index (κ3) is 4.39. The predicted molar refractivity (Wildman–Crippen MR) is 72.8 cm³/mol. The zero-order chi connectivity index (χ0) is 13.5. The van der Waals surface area contributed by atoms with Crippen molar-refractivity contribution in [2.24, 2.45) is 0 Å². The van der Waals surface area contributed by atoms with E-state index in [1.165, 1.54) is 24.2 Å². The van der Waals surface area contributed by atoms with Gasteiger partial charge in [-0.1, -0.05) is 19.3 Å². The van der Waals surface area contributed by atoms with Crippen LogP contribution in [0, 0.1) is 11.3 Å². The van der Waals surface area contributed by atoms with Gasteiger partial charge in [-0.05, 0) is 12.8 Å². The molecule has 1 heterocycles. The first-order valence-corrected chi connectivity index (χ1v) is 7.55. The quantitative estimate of drug-likeness (QED) is 0.763. The summed E-state index contributed by atoms with van der Waals surface area (Å²) in [4.78, 5) is 15.5. The van der Waals surface area contributed by atoms with E-state index in [-0.39, 0.29) is 6.03 Å². The van der Waals surface area contributed by atoms with Crippen molar-refractivity contribution >= 4 is 6.03 Å². The summed E-state index contributed by atoms with van der Waals surface area (Å²) in [7, 11) is 0. The minimum Gasteiger partial charge on any atom is -0.335 e. The highest BCUT2D eigenvalue weighted by Crippen LogP contribution is 2.17. The molecule has 2 aliphatic rings. The van der Waals surface area contributed by atoms with Gasteiger partial charge in [0.25, 0.3) is 0 Å². The highest BCUT2D eigenvalue weighted by molar-refractivity contribution is 5.74. The van der Waals surface area contributed by atoms with E-state index >= 15 is 0 Å². The van der Waals surface area contributed by atoms with E-state index in [9.17, 15) is 4.79 Å². The summed E-state index contributed by atoms with van der Waals surface area (Å²) in [6, 6.07) is 2.70. The van der Waals surface area contributed by atoms with E-state index in [2.05, 4.69) is 11.4 Å². The van der Waals surface area contributed by atoms with Gasteiger partial charge in [-0.15, -0.1) is 0 Å². The molecule has 1 aliphatic carbocycles. The Morgan fingerprint density at radius 1 is 1.26 bits per heavy atom. The molecule has 0 aromatic carbocycles. The molecule has 2 N–H and O–H groups in total. The molecular formula is C14H25N4O+. The first-order valence-electron chi connectivity index (χ1n) is 7.55. The maximum Gasteiger partial charge on any atom is 0.318 e. The number of nitriles is 1. The summed E-state index contributed by atoms with van der Waals surface area (Å²) in [5.74, 6) is 0. The van der Waals surface area contributed by atoms with E-state index in [4.69, 9.17) is 5.26 Å². The lowest BCUT2D eigenvalue weighted by Crippen LogP contribution is -3.14. The maximum absolute atomic E-state index is 12.1. The number of urea groups is 1. The number of amides is 2. The smallest absolute Gasteiger partial charge is 0.318 e. The highest BCUT2D eigenvalue weighted by Gasteiger charge is 2.25. The molecule has 5 nitrogen and oxygen atoms in total. The minimum atomic E-state index is 0.117. The number of hydrogen-bond acceptors (Lipinski definition) is 2. The van der Waals surface area contributed by atoms with Crippen molar-refractivity contribution in [2.45, 2.75) is 44.6 Å². The molecule has 0 atom stereocenters.